The van der Waals surface area contributed by atoms with Crippen LogP contribution >= 0.6 is 0 Å². The number of Topliss-reactive ketones (excluding diaryl/α,β-unsaturated/α-hetero) is 1. The van der Waals surface area contributed by atoms with Crippen molar-refractivity contribution in [2.24, 2.45) is 39.5 Å². The number of allylic oxidation sites excluding steroid dienone is 2. The molecule has 7 aliphatic heterocycles. The third-order valence-corrected chi connectivity index (χ3v) is 15.2. The number of carbonyl (C=O) groups excluding carboxylic acids is 4. The number of anilines is 1. The van der Waals surface area contributed by atoms with E-state index in [1.54, 1.807) is 48.7 Å². The average Bonchev–Trinajstić information content (AvgIpc) is 3.66. The van der Waals surface area contributed by atoms with E-state index in [-0.39, 0.29) is 66.4 Å². The van der Waals surface area contributed by atoms with Gasteiger partial charge in [0.15, 0.2) is 5.78 Å². The number of carbonyl (C=O) groups is 4. The summed E-state index contributed by atoms with van der Waals surface area (Å²) >= 11 is 0. The van der Waals surface area contributed by atoms with Gasteiger partial charge in [-0.25, -0.2) is 4.79 Å². The molecule has 7 heterocycles. The molecule has 60 heavy (non-hydrogen) atoms. The lowest BCUT2D eigenvalue weighted by Crippen LogP contribution is -2.71. The van der Waals surface area contributed by atoms with Crippen molar-refractivity contribution < 1.29 is 38.9 Å². The molecule has 1 spiro atoms. The summed E-state index contributed by atoms with van der Waals surface area (Å²) in [6.07, 6.45) is 12.8. The average molecular weight is 823 g/mol. The number of cyclic esters (lactones) is 1. The van der Waals surface area contributed by atoms with Gasteiger partial charge in [-0.1, -0.05) is 44.2 Å². The standard InChI is InChI=1S/C46H58N6O8/c1-27(35(54)17-33-5-4-14-47-33)48-38-18-37-44(2,13-12-39(55)45(37,3)24-53)36(46(38)25-59-46)11-8-29-16-34(60-43(29)58)15-28-6-9-32(10-7-28)49-40(56)19-41(57)50-42-30-20-51-22-31(42)23-52(21-30)26-51/h4,6-11,14-16,27,30-31,36-39,42,48,53,55H,5,12-13,17-26H2,1-3H3,(H,49,56)(H,50,57)/b11-8+,34-15+/t27?,30?,31?,36?,37?,38?,39-,42?,44-,45+,46?/m1/s1. The van der Waals surface area contributed by atoms with Crippen LogP contribution in [-0.2, 0) is 28.7 Å². The molecule has 2 aliphatic carbocycles. The normalized spacial score (nSPS) is 39.7. The van der Waals surface area contributed by atoms with Gasteiger partial charge in [0.1, 0.15) is 17.8 Å². The van der Waals surface area contributed by atoms with Gasteiger partial charge in [0.25, 0.3) is 0 Å². The summed E-state index contributed by atoms with van der Waals surface area (Å²) in [6, 6.07) is 6.52. The van der Waals surface area contributed by atoms with Crippen LogP contribution in [-0.4, -0.2) is 125 Å². The van der Waals surface area contributed by atoms with Crippen LogP contribution in [0, 0.1) is 34.5 Å². The van der Waals surface area contributed by atoms with E-state index in [9.17, 15) is 29.4 Å². The number of amides is 2. The van der Waals surface area contributed by atoms with Gasteiger partial charge in [0.2, 0.25) is 11.8 Å². The first kappa shape index (κ1) is 41.1. The molecular formula is C46H58N6O8. The van der Waals surface area contributed by atoms with Crippen LogP contribution in [0.2, 0.25) is 0 Å². The van der Waals surface area contributed by atoms with Gasteiger partial charge < -0.3 is 35.6 Å². The van der Waals surface area contributed by atoms with E-state index in [0.29, 0.717) is 61.1 Å². The van der Waals surface area contributed by atoms with Crippen molar-refractivity contribution >= 4 is 41.0 Å². The molecule has 4 bridgehead atoms. The molecule has 1 aromatic carbocycles. The highest BCUT2D eigenvalue weighted by Crippen LogP contribution is 2.66. The molecule has 2 saturated carbocycles. The number of epoxide rings is 1. The van der Waals surface area contributed by atoms with Crippen molar-refractivity contribution in [2.75, 3.05) is 51.4 Å². The second kappa shape index (κ2) is 15.9. The fraction of sp³-hybridized carbons (Fsp3) is 0.587. The van der Waals surface area contributed by atoms with Gasteiger partial charge >= 0.3 is 5.97 Å². The van der Waals surface area contributed by atoms with Crippen molar-refractivity contribution in [3.05, 3.63) is 71.7 Å². The van der Waals surface area contributed by atoms with Crippen molar-refractivity contribution in [3.63, 3.8) is 0 Å². The van der Waals surface area contributed by atoms with E-state index in [2.05, 4.69) is 37.7 Å². The number of fused-ring (bicyclic) bond motifs is 1. The lowest BCUT2D eigenvalue weighted by Gasteiger charge is -2.62. The Bertz CT molecular complexity index is 2040. The van der Waals surface area contributed by atoms with Gasteiger partial charge in [-0.3, -0.25) is 29.2 Å². The number of nitrogens with zero attached hydrogens (tertiary/aromatic N) is 3. The Morgan fingerprint density at radius 3 is 2.43 bits per heavy atom. The van der Waals surface area contributed by atoms with E-state index < -0.39 is 29.1 Å². The van der Waals surface area contributed by atoms with Gasteiger partial charge in [-0.05, 0) is 67.4 Å². The summed E-state index contributed by atoms with van der Waals surface area (Å²) in [4.78, 5) is 61.5. The van der Waals surface area contributed by atoms with Crippen molar-refractivity contribution in [1.82, 2.24) is 20.4 Å². The molecule has 0 radical (unpaired) electrons. The number of aliphatic hydroxyl groups is 2. The molecule has 14 nitrogen and oxygen atoms in total. The van der Waals surface area contributed by atoms with Crippen LogP contribution in [0.3, 0.4) is 0 Å². The Hall–Kier alpha value is -4.31. The Morgan fingerprint density at radius 1 is 1.07 bits per heavy atom. The fourth-order valence-electron chi connectivity index (χ4n) is 12.0. The molecule has 1 aromatic rings. The lowest BCUT2D eigenvalue weighted by atomic mass is 9.44. The highest BCUT2D eigenvalue weighted by molar-refractivity contribution is 6.05. The van der Waals surface area contributed by atoms with Crippen LogP contribution in [0.25, 0.3) is 6.08 Å². The summed E-state index contributed by atoms with van der Waals surface area (Å²) in [5.41, 5.74) is 0.765. The van der Waals surface area contributed by atoms with Crippen molar-refractivity contribution in [1.29, 1.82) is 0 Å². The summed E-state index contributed by atoms with van der Waals surface area (Å²) in [5.74, 6) is -0.199. The SMILES string of the molecule is CC(NC1CC2[C@](C)(CC[C@@H](O)[C@@]2(C)CO)C(/C=C/C2=CC(=C\c3ccc(NC(=O)CC(=O)NC4C5CN6CC4CN(C5)C6)cc3)/OC2=O)C12CO2)C(=O)CC1=NC=CC1. The summed E-state index contributed by atoms with van der Waals surface area (Å²) < 4.78 is 12.1. The molecule has 14 heteroatoms. The van der Waals surface area contributed by atoms with E-state index in [0.717, 1.165) is 44.1 Å². The Morgan fingerprint density at radius 2 is 1.78 bits per heavy atom. The van der Waals surface area contributed by atoms with E-state index in [4.69, 9.17) is 9.47 Å². The molecule has 320 valence electrons. The first-order chi connectivity index (χ1) is 28.8. The number of aliphatic hydroxyl groups excluding tert-OH is 2. The number of ketones is 1. The fourth-order valence-corrected chi connectivity index (χ4v) is 12.0. The minimum absolute atomic E-state index is 0.0454. The molecular weight excluding hydrogens is 765 g/mol. The predicted molar refractivity (Wildman–Crippen MR) is 224 cm³/mol. The highest BCUT2D eigenvalue weighted by Gasteiger charge is 2.70. The van der Waals surface area contributed by atoms with E-state index >= 15 is 0 Å². The zero-order valence-electron chi connectivity index (χ0n) is 34.8. The molecule has 0 aromatic heterocycles. The Labute approximate surface area is 351 Å². The van der Waals surface area contributed by atoms with Gasteiger partial charge in [0, 0.05) is 91.9 Å². The number of rotatable bonds is 13. The zero-order chi connectivity index (χ0) is 42.0. The van der Waals surface area contributed by atoms with Gasteiger partial charge in [-0.15, -0.1) is 0 Å². The van der Waals surface area contributed by atoms with Crippen molar-refractivity contribution in [2.45, 2.75) is 89.1 Å². The van der Waals surface area contributed by atoms with Crippen molar-refractivity contribution in [3.8, 4) is 0 Å². The van der Waals surface area contributed by atoms with Crippen LogP contribution in [0.4, 0.5) is 5.69 Å². The Kier molecular flexibility index (Phi) is 10.9. The number of hydrogen-bond donors (Lipinski definition) is 5. The molecule has 8 atom stereocenters. The van der Waals surface area contributed by atoms with Gasteiger partial charge in [-0.2, -0.15) is 0 Å². The van der Waals surface area contributed by atoms with Crippen LogP contribution < -0.4 is 16.0 Å². The lowest BCUT2D eigenvalue weighted by molar-refractivity contribution is -0.174. The predicted octanol–water partition coefficient (Wildman–Crippen LogP) is 2.94. The number of benzene rings is 1. The van der Waals surface area contributed by atoms with E-state index in [1.807, 2.05) is 26.0 Å². The molecule has 5 N–H and O–H groups in total. The van der Waals surface area contributed by atoms with Crippen LogP contribution in [0.15, 0.2) is 71.1 Å². The minimum Gasteiger partial charge on any atom is -0.423 e. The molecule has 10 rings (SSSR count). The maximum absolute atomic E-state index is 13.3. The topological polar surface area (TPSA) is 185 Å². The number of piperidine rings is 2. The molecule has 5 saturated heterocycles. The smallest absolute Gasteiger partial charge is 0.343 e. The molecule has 9 aliphatic rings. The second-order valence-electron chi connectivity index (χ2n) is 19.2. The van der Waals surface area contributed by atoms with Crippen LogP contribution in [0.1, 0.15) is 64.9 Å². The summed E-state index contributed by atoms with van der Waals surface area (Å²) in [6.45, 7) is 11.3. The number of aliphatic imine (C=N–C) groups is 1. The molecule has 7 fully saturated rings. The minimum atomic E-state index is -0.771. The van der Waals surface area contributed by atoms with Crippen LogP contribution in [0.5, 0.6) is 0 Å². The first-order valence-corrected chi connectivity index (χ1v) is 21.7. The quantitative estimate of drug-likeness (QED) is 0.112. The molecule has 5 unspecified atom stereocenters. The van der Waals surface area contributed by atoms with E-state index in [1.165, 1.54) is 0 Å². The largest absolute Gasteiger partial charge is 0.423 e. The highest BCUT2D eigenvalue weighted by atomic mass is 16.6. The third kappa shape index (κ3) is 7.64. The maximum atomic E-state index is 13.3. The monoisotopic (exact) mass is 822 g/mol. The second-order valence-corrected chi connectivity index (χ2v) is 19.2. The summed E-state index contributed by atoms with van der Waals surface area (Å²) in [7, 11) is 0. The first-order valence-electron chi connectivity index (χ1n) is 21.7. The van der Waals surface area contributed by atoms with Gasteiger partial charge in [0.05, 0.1) is 37.6 Å². The number of nitrogens with one attached hydrogen (secondary N) is 3. The zero-order valence-corrected chi connectivity index (χ0v) is 34.8. The number of ether oxygens (including phenoxy) is 2. The number of esters is 1. The third-order valence-electron chi connectivity index (χ3n) is 15.2. The Balaban J connectivity index is 0.862. The maximum Gasteiger partial charge on any atom is 0.343 e. The number of hydrogen-bond acceptors (Lipinski definition) is 12. The molecule has 2 amide bonds. The summed E-state index contributed by atoms with van der Waals surface area (Å²) in [5, 5.41) is 31.6.